The van der Waals surface area contributed by atoms with Crippen molar-refractivity contribution >= 4 is 5.97 Å². The van der Waals surface area contributed by atoms with Crippen LogP contribution in [-0.2, 0) is 9.53 Å². The Hall–Kier alpha value is -1.17. The fourth-order valence-corrected chi connectivity index (χ4v) is 5.77. The summed E-state index contributed by atoms with van der Waals surface area (Å²) in [5.41, 5.74) is 1.01. The van der Waals surface area contributed by atoms with Crippen LogP contribution in [0.4, 0.5) is 0 Å². The van der Waals surface area contributed by atoms with Crippen molar-refractivity contribution < 1.29 is 24.9 Å². The highest BCUT2D eigenvalue weighted by Gasteiger charge is 2.57. The summed E-state index contributed by atoms with van der Waals surface area (Å²) >= 11 is 0. The topological polar surface area (TPSA) is 87.0 Å². The molecule has 0 amide bonds. The van der Waals surface area contributed by atoms with Gasteiger partial charge in [-0.05, 0) is 62.9 Å². The molecule has 0 saturated heterocycles. The first-order valence-corrected chi connectivity index (χ1v) is 11.5. The fraction of sp³-hybridized carbons (Fsp3) is 0.792. The molecule has 0 bridgehead atoms. The maximum absolute atomic E-state index is 10.6. The molecule has 3 rings (SSSR count). The predicted molar refractivity (Wildman–Crippen MR) is 112 cm³/mol. The van der Waals surface area contributed by atoms with E-state index in [0.717, 1.165) is 38.5 Å². The summed E-state index contributed by atoms with van der Waals surface area (Å²) in [6, 6.07) is 0. The minimum Gasteiger partial charge on any atom is -0.481 e. The molecular weight excluding hydrogens is 368 g/mol. The summed E-state index contributed by atoms with van der Waals surface area (Å²) in [4.78, 5) is 10.6. The number of carboxylic acids is 1. The van der Waals surface area contributed by atoms with Gasteiger partial charge in [0.1, 0.15) is 0 Å². The highest BCUT2D eigenvalue weighted by Crippen LogP contribution is 2.57. The third-order valence-electron chi connectivity index (χ3n) is 7.57. The molecule has 3 aliphatic carbocycles. The van der Waals surface area contributed by atoms with Gasteiger partial charge in [-0.15, -0.1) is 0 Å². The van der Waals surface area contributed by atoms with E-state index in [1.54, 1.807) is 7.11 Å². The third-order valence-corrected chi connectivity index (χ3v) is 7.57. The molecule has 164 valence electrons. The SMILES string of the molecule is CO[C@@]12CC[C@H](O)[C@@H](/C=C/C(O)C3CCCCC3)[C@@H]1CC2=CCCCCC(=O)O. The number of methoxy groups -OCH3 is 1. The standard InChI is InChI=1S/C24H38O5/c1-29-24-15-14-22(26)19(12-13-21(25)17-8-4-2-5-9-17)20(24)16-18(24)10-6-3-7-11-23(27)28/h10,12-13,17,19-22,25-26H,2-9,11,14-16H2,1H3,(H,27,28)/b13-12+,18-10?/t19-,20-,21?,22-,24+/m0/s1. The maximum Gasteiger partial charge on any atom is 0.303 e. The summed E-state index contributed by atoms with van der Waals surface area (Å²) in [6.45, 7) is 0. The van der Waals surface area contributed by atoms with Gasteiger partial charge >= 0.3 is 5.97 Å². The van der Waals surface area contributed by atoms with E-state index in [9.17, 15) is 15.0 Å². The van der Waals surface area contributed by atoms with E-state index in [1.807, 2.05) is 6.08 Å². The third kappa shape index (κ3) is 5.12. The number of ether oxygens (including phenoxy) is 1. The largest absolute Gasteiger partial charge is 0.481 e. The maximum atomic E-state index is 10.6. The van der Waals surface area contributed by atoms with Gasteiger partial charge in [0.2, 0.25) is 0 Å². The molecule has 0 aliphatic heterocycles. The summed E-state index contributed by atoms with van der Waals surface area (Å²) in [5, 5.41) is 30.0. The Bertz CT molecular complexity index is 606. The van der Waals surface area contributed by atoms with Crippen molar-refractivity contribution in [2.75, 3.05) is 7.11 Å². The van der Waals surface area contributed by atoms with Crippen LogP contribution < -0.4 is 0 Å². The van der Waals surface area contributed by atoms with Crippen LogP contribution in [0.15, 0.2) is 23.8 Å². The van der Waals surface area contributed by atoms with Crippen molar-refractivity contribution in [3.8, 4) is 0 Å². The molecule has 0 heterocycles. The number of aliphatic hydroxyl groups excluding tert-OH is 2. The molecule has 3 saturated carbocycles. The lowest BCUT2D eigenvalue weighted by atomic mass is 9.53. The summed E-state index contributed by atoms with van der Waals surface area (Å²) in [5.74, 6) is -0.112. The number of aliphatic carboxylic acids is 1. The van der Waals surface area contributed by atoms with E-state index in [4.69, 9.17) is 9.84 Å². The first-order chi connectivity index (χ1) is 14.0. The van der Waals surface area contributed by atoms with Crippen LogP contribution in [-0.4, -0.2) is 46.2 Å². The Labute approximate surface area is 174 Å². The van der Waals surface area contributed by atoms with Crippen LogP contribution in [0.5, 0.6) is 0 Å². The molecule has 5 atom stereocenters. The van der Waals surface area contributed by atoms with Crippen molar-refractivity contribution in [3.05, 3.63) is 23.8 Å². The van der Waals surface area contributed by atoms with Gasteiger partial charge in [0.15, 0.2) is 0 Å². The molecule has 0 spiro atoms. The highest BCUT2D eigenvalue weighted by atomic mass is 16.5. The number of aliphatic hydroxyl groups is 2. The van der Waals surface area contributed by atoms with E-state index in [-0.39, 0.29) is 30.0 Å². The minimum absolute atomic E-state index is 0.0195. The molecule has 3 N–H and O–H groups in total. The number of rotatable bonds is 9. The molecule has 1 unspecified atom stereocenters. The van der Waals surface area contributed by atoms with Gasteiger partial charge in [0.25, 0.3) is 0 Å². The van der Waals surface area contributed by atoms with Crippen LogP contribution in [0.3, 0.4) is 0 Å². The highest BCUT2D eigenvalue weighted by molar-refractivity contribution is 5.66. The van der Waals surface area contributed by atoms with Crippen LogP contribution >= 0.6 is 0 Å². The number of fused-ring (bicyclic) bond motifs is 1. The predicted octanol–water partition coefficient (Wildman–Crippen LogP) is 4.23. The van der Waals surface area contributed by atoms with Crippen molar-refractivity contribution in [3.63, 3.8) is 0 Å². The van der Waals surface area contributed by atoms with Gasteiger partial charge in [-0.1, -0.05) is 37.5 Å². The molecule has 5 nitrogen and oxygen atoms in total. The van der Waals surface area contributed by atoms with Crippen LogP contribution in [0.25, 0.3) is 0 Å². The molecule has 3 aliphatic rings. The Morgan fingerprint density at radius 2 is 2.00 bits per heavy atom. The Kier molecular flexibility index (Phi) is 7.94. The minimum atomic E-state index is -0.735. The second-order valence-electron chi connectivity index (χ2n) is 9.23. The number of allylic oxidation sites excluding steroid dienone is 1. The normalized spacial score (nSPS) is 35.4. The van der Waals surface area contributed by atoms with Crippen LogP contribution in [0, 0.1) is 17.8 Å². The zero-order valence-electron chi connectivity index (χ0n) is 17.8. The smallest absolute Gasteiger partial charge is 0.303 e. The van der Waals surface area contributed by atoms with Gasteiger partial charge in [-0.3, -0.25) is 4.79 Å². The number of unbranched alkanes of at least 4 members (excludes halogenated alkanes) is 2. The second kappa shape index (κ2) is 10.2. The quantitative estimate of drug-likeness (QED) is 0.394. The summed E-state index contributed by atoms with van der Waals surface area (Å²) < 4.78 is 6.02. The zero-order valence-corrected chi connectivity index (χ0v) is 17.8. The Morgan fingerprint density at radius 1 is 1.24 bits per heavy atom. The first-order valence-electron chi connectivity index (χ1n) is 11.5. The molecule has 5 heteroatoms. The number of hydrogen-bond donors (Lipinski definition) is 3. The summed E-state index contributed by atoms with van der Waals surface area (Å²) in [6.07, 6.45) is 16.4. The lowest BCUT2D eigenvalue weighted by molar-refractivity contribution is -0.140. The number of hydrogen-bond acceptors (Lipinski definition) is 4. The molecule has 0 aromatic carbocycles. The summed E-state index contributed by atoms with van der Waals surface area (Å²) in [7, 11) is 1.76. The van der Waals surface area contributed by atoms with Gasteiger partial charge in [-0.2, -0.15) is 0 Å². The van der Waals surface area contributed by atoms with E-state index >= 15 is 0 Å². The Morgan fingerprint density at radius 3 is 2.69 bits per heavy atom. The van der Waals surface area contributed by atoms with Crippen LogP contribution in [0.1, 0.15) is 77.0 Å². The molecule has 0 aromatic rings. The van der Waals surface area contributed by atoms with Crippen molar-refractivity contribution in [2.24, 2.45) is 17.8 Å². The molecule has 0 radical (unpaired) electrons. The van der Waals surface area contributed by atoms with E-state index < -0.39 is 12.1 Å². The molecule has 0 aromatic heterocycles. The van der Waals surface area contributed by atoms with Gasteiger partial charge in [0, 0.05) is 25.4 Å². The second-order valence-corrected chi connectivity index (χ2v) is 9.23. The van der Waals surface area contributed by atoms with E-state index in [0.29, 0.717) is 18.8 Å². The lowest BCUT2D eigenvalue weighted by Crippen LogP contribution is -2.59. The van der Waals surface area contributed by atoms with Gasteiger partial charge in [0.05, 0.1) is 17.8 Å². The van der Waals surface area contributed by atoms with E-state index in [2.05, 4.69) is 12.2 Å². The average molecular weight is 407 g/mol. The van der Waals surface area contributed by atoms with Crippen molar-refractivity contribution in [1.82, 2.24) is 0 Å². The fourth-order valence-electron chi connectivity index (χ4n) is 5.77. The lowest BCUT2D eigenvalue weighted by Gasteiger charge is -2.58. The molecular formula is C24H38O5. The molecule has 29 heavy (non-hydrogen) atoms. The van der Waals surface area contributed by atoms with Crippen molar-refractivity contribution in [1.29, 1.82) is 0 Å². The Balaban J connectivity index is 1.60. The van der Waals surface area contributed by atoms with Crippen molar-refractivity contribution in [2.45, 2.75) is 94.9 Å². The number of carbonyl (C=O) groups is 1. The van der Waals surface area contributed by atoms with Crippen LogP contribution in [0.2, 0.25) is 0 Å². The van der Waals surface area contributed by atoms with Gasteiger partial charge in [-0.25, -0.2) is 0 Å². The van der Waals surface area contributed by atoms with Gasteiger partial charge < -0.3 is 20.1 Å². The first kappa shape index (κ1) is 22.5. The van der Waals surface area contributed by atoms with E-state index in [1.165, 1.54) is 24.8 Å². The molecule has 3 fully saturated rings. The average Bonchev–Trinajstić information content (AvgIpc) is 2.71. The monoisotopic (exact) mass is 406 g/mol. The zero-order chi connectivity index (χ0) is 20.9. The number of carboxylic acid groups (broad SMARTS) is 1.